The van der Waals surface area contributed by atoms with Gasteiger partial charge in [0, 0.05) is 18.5 Å². The number of alkyl halides is 3. The normalized spacial score (nSPS) is 19.9. The molecule has 0 aromatic carbocycles. The summed E-state index contributed by atoms with van der Waals surface area (Å²) in [5.41, 5.74) is 6.08. The van der Waals surface area contributed by atoms with E-state index in [1.165, 1.54) is 16.2 Å². The van der Waals surface area contributed by atoms with Crippen LogP contribution in [0, 0.1) is 5.92 Å². The highest BCUT2D eigenvalue weighted by Gasteiger charge is 2.34. The van der Waals surface area contributed by atoms with E-state index >= 15 is 0 Å². The first kappa shape index (κ1) is 16.0. The molecule has 1 aromatic rings. The highest BCUT2D eigenvalue weighted by atomic mass is 32.1. The number of anilines is 1. The fraction of sp³-hybridized carbons (Fsp3) is 0.667. The zero-order chi connectivity index (χ0) is 15.5. The Balaban J connectivity index is 1.68. The van der Waals surface area contributed by atoms with Gasteiger partial charge in [-0.25, -0.2) is 4.98 Å². The van der Waals surface area contributed by atoms with Gasteiger partial charge in [-0.05, 0) is 18.9 Å². The van der Waals surface area contributed by atoms with Gasteiger partial charge in [-0.1, -0.05) is 0 Å². The monoisotopic (exact) mass is 322 g/mol. The molecule has 0 radical (unpaired) electrons. The van der Waals surface area contributed by atoms with E-state index in [1.807, 2.05) is 0 Å². The maximum absolute atomic E-state index is 12.3. The van der Waals surface area contributed by atoms with Gasteiger partial charge in [-0.2, -0.15) is 13.2 Å². The summed E-state index contributed by atoms with van der Waals surface area (Å²) in [4.78, 5) is 17.1. The molecule has 0 spiro atoms. The number of hydrogen-bond acceptors (Lipinski definition) is 5. The third-order valence-corrected chi connectivity index (χ3v) is 3.99. The molecular weight excluding hydrogens is 305 g/mol. The molecule has 1 saturated heterocycles. The molecule has 0 bridgehead atoms. The van der Waals surface area contributed by atoms with Crippen molar-refractivity contribution in [2.45, 2.75) is 19.0 Å². The summed E-state index contributed by atoms with van der Waals surface area (Å²) in [6.07, 6.45) is -3.35. The summed E-state index contributed by atoms with van der Waals surface area (Å²) in [6, 6.07) is 0. The molecule has 3 N–H and O–H groups in total. The number of carbonyl (C=O) groups is 1. The highest BCUT2D eigenvalue weighted by molar-refractivity contribution is 7.13. The molecule has 118 valence electrons. The first-order valence-electron chi connectivity index (χ1n) is 6.57. The summed E-state index contributed by atoms with van der Waals surface area (Å²) in [7, 11) is 0. The molecule has 1 aliphatic heterocycles. The van der Waals surface area contributed by atoms with Crippen molar-refractivity contribution in [1.82, 2.24) is 15.2 Å². The van der Waals surface area contributed by atoms with E-state index < -0.39 is 12.7 Å². The highest BCUT2D eigenvalue weighted by Crippen LogP contribution is 2.22. The lowest BCUT2D eigenvalue weighted by atomic mass is 10.1. The molecule has 2 heterocycles. The van der Waals surface area contributed by atoms with Crippen LogP contribution in [-0.2, 0) is 11.2 Å². The van der Waals surface area contributed by atoms with Crippen molar-refractivity contribution >= 4 is 22.4 Å². The second-order valence-electron chi connectivity index (χ2n) is 5.16. The summed E-state index contributed by atoms with van der Waals surface area (Å²) < 4.78 is 36.8. The Morgan fingerprint density at radius 3 is 2.95 bits per heavy atom. The van der Waals surface area contributed by atoms with Crippen molar-refractivity contribution in [3.8, 4) is 0 Å². The number of aromatic nitrogens is 1. The van der Waals surface area contributed by atoms with Gasteiger partial charge in [0.2, 0.25) is 5.91 Å². The van der Waals surface area contributed by atoms with E-state index in [1.54, 1.807) is 5.38 Å². The number of rotatable bonds is 5. The Hall–Kier alpha value is -1.35. The molecular formula is C12H17F3N4OS. The van der Waals surface area contributed by atoms with Crippen molar-refractivity contribution < 1.29 is 18.0 Å². The molecule has 21 heavy (non-hydrogen) atoms. The molecule has 1 aromatic heterocycles. The van der Waals surface area contributed by atoms with Gasteiger partial charge in [0.15, 0.2) is 5.13 Å². The van der Waals surface area contributed by atoms with Crippen molar-refractivity contribution in [2.24, 2.45) is 5.92 Å². The molecule has 9 heteroatoms. The standard InChI is InChI=1S/C12H17F3N4OS/c13-12(14,15)7-19-2-1-8(5-19)4-17-10(20)3-9-6-21-11(16)18-9/h6,8H,1-5,7H2,(H2,16,18)(H,17,20). The fourth-order valence-electron chi connectivity index (χ4n) is 2.37. The Labute approximate surface area is 124 Å². The first-order chi connectivity index (χ1) is 9.82. The number of thiazole rings is 1. The number of nitrogens with two attached hydrogens (primary N) is 1. The van der Waals surface area contributed by atoms with Gasteiger partial charge in [-0.15, -0.1) is 11.3 Å². The number of nitrogens with zero attached hydrogens (tertiary/aromatic N) is 2. The minimum atomic E-state index is -4.16. The maximum atomic E-state index is 12.3. The van der Waals surface area contributed by atoms with Crippen LogP contribution in [0.25, 0.3) is 0 Å². The smallest absolute Gasteiger partial charge is 0.375 e. The van der Waals surface area contributed by atoms with Gasteiger partial charge in [0.25, 0.3) is 0 Å². The minimum absolute atomic E-state index is 0.0665. The van der Waals surface area contributed by atoms with Gasteiger partial charge >= 0.3 is 6.18 Å². The Bertz CT molecular complexity index is 491. The Morgan fingerprint density at radius 1 is 1.57 bits per heavy atom. The predicted octanol–water partition coefficient (Wildman–Crippen LogP) is 1.27. The molecule has 1 aliphatic rings. The van der Waals surface area contributed by atoms with Crippen molar-refractivity contribution in [3.63, 3.8) is 0 Å². The molecule has 1 unspecified atom stereocenters. The number of hydrogen-bond donors (Lipinski definition) is 2. The van der Waals surface area contributed by atoms with Crippen LogP contribution in [0.1, 0.15) is 12.1 Å². The van der Waals surface area contributed by atoms with Crippen LogP contribution >= 0.6 is 11.3 Å². The van der Waals surface area contributed by atoms with Crippen LogP contribution in [0.3, 0.4) is 0 Å². The van der Waals surface area contributed by atoms with Crippen molar-refractivity contribution in [1.29, 1.82) is 0 Å². The summed E-state index contributed by atoms with van der Waals surface area (Å²) in [5, 5.41) is 4.87. The molecule has 1 atom stereocenters. The zero-order valence-electron chi connectivity index (χ0n) is 11.3. The van der Waals surface area contributed by atoms with E-state index in [9.17, 15) is 18.0 Å². The first-order valence-corrected chi connectivity index (χ1v) is 7.45. The molecule has 0 saturated carbocycles. The Kier molecular flexibility index (Phi) is 5.04. The largest absolute Gasteiger partial charge is 0.401 e. The van der Waals surface area contributed by atoms with Gasteiger partial charge < -0.3 is 11.1 Å². The van der Waals surface area contributed by atoms with E-state index in [2.05, 4.69) is 10.3 Å². The van der Waals surface area contributed by atoms with E-state index in [4.69, 9.17) is 5.73 Å². The van der Waals surface area contributed by atoms with E-state index in [0.717, 1.165) is 0 Å². The molecule has 5 nitrogen and oxygen atoms in total. The topological polar surface area (TPSA) is 71.2 Å². The van der Waals surface area contributed by atoms with Crippen LogP contribution in [0.15, 0.2) is 5.38 Å². The third kappa shape index (κ3) is 5.50. The maximum Gasteiger partial charge on any atom is 0.401 e. The Morgan fingerprint density at radius 2 is 2.33 bits per heavy atom. The zero-order valence-corrected chi connectivity index (χ0v) is 12.1. The molecule has 2 rings (SSSR count). The minimum Gasteiger partial charge on any atom is -0.375 e. The van der Waals surface area contributed by atoms with Crippen molar-refractivity contribution in [3.05, 3.63) is 11.1 Å². The second kappa shape index (κ2) is 6.61. The van der Waals surface area contributed by atoms with Crippen molar-refractivity contribution in [2.75, 3.05) is 31.9 Å². The third-order valence-electron chi connectivity index (χ3n) is 3.27. The van der Waals surface area contributed by atoms with Crippen LogP contribution in [0.5, 0.6) is 0 Å². The molecule has 1 fully saturated rings. The van der Waals surface area contributed by atoms with Gasteiger partial charge in [-0.3, -0.25) is 9.69 Å². The van der Waals surface area contributed by atoms with Crippen LogP contribution in [0.2, 0.25) is 0 Å². The number of likely N-dealkylation sites (tertiary alicyclic amines) is 1. The lowest BCUT2D eigenvalue weighted by Crippen LogP contribution is -2.35. The van der Waals surface area contributed by atoms with Crippen LogP contribution < -0.4 is 11.1 Å². The number of carbonyl (C=O) groups excluding carboxylic acids is 1. The summed E-state index contributed by atoms with van der Waals surface area (Å²) in [5.74, 6) is -0.119. The second-order valence-corrected chi connectivity index (χ2v) is 6.05. The van der Waals surface area contributed by atoms with E-state index in [0.29, 0.717) is 36.9 Å². The molecule has 0 aliphatic carbocycles. The van der Waals surface area contributed by atoms with Gasteiger partial charge in [0.05, 0.1) is 18.7 Å². The molecule has 1 amide bonds. The SMILES string of the molecule is Nc1nc(CC(=O)NCC2CCN(CC(F)(F)F)C2)cs1. The van der Waals surface area contributed by atoms with Gasteiger partial charge in [0.1, 0.15) is 0 Å². The fourth-order valence-corrected chi connectivity index (χ4v) is 2.93. The average Bonchev–Trinajstić information content (AvgIpc) is 2.94. The van der Waals surface area contributed by atoms with Crippen LogP contribution in [0.4, 0.5) is 18.3 Å². The number of nitrogen functional groups attached to an aromatic ring is 1. The lowest BCUT2D eigenvalue weighted by Gasteiger charge is -2.17. The number of amides is 1. The van der Waals surface area contributed by atoms with Crippen LogP contribution in [-0.4, -0.2) is 48.1 Å². The predicted molar refractivity (Wildman–Crippen MR) is 73.8 cm³/mol. The quantitative estimate of drug-likeness (QED) is 0.856. The summed E-state index contributed by atoms with van der Waals surface area (Å²) >= 11 is 1.27. The lowest BCUT2D eigenvalue weighted by molar-refractivity contribution is -0.143. The summed E-state index contributed by atoms with van der Waals surface area (Å²) in [6.45, 7) is 0.300. The number of nitrogens with one attached hydrogen (secondary N) is 1. The average molecular weight is 322 g/mol. The van der Waals surface area contributed by atoms with E-state index in [-0.39, 0.29) is 18.2 Å². The number of halogens is 3.